The molecular weight excluding hydrogens is 436 g/mol. The number of aromatic nitrogens is 3. The van der Waals surface area contributed by atoms with E-state index in [1.165, 1.54) is 30.2 Å². The lowest BCUT2D eigenvalue weighted by Gasteiger charge is -2.09. The Morgan fingerprint density at radius 1 is 1.19 bits per heavy atom. The number of carbonyl (C=O) groups is 2. The molecule has 0 aliphatic carbocycles. The van der Waals surface area contributed by atoms with Gasteiger partial charge in [0.05, 0.1) is 18.4 Å². The minimum atomic E-state index is -0.460. The highest BCUT2D eigenvalue weighted by Crippen LogP contribution is 2.33. The van der Waals surface area contributed by atoms with Crippen LogP contribution in [0.4, 0.5) is 5.00 Å². The number of esters is 1. The molecule has 1 amide bonds. The van der Waals surface area contributed by atoms with Crippen LogP contribution in [0.1, 0.15) is 33.5 Å². The first kappa shape index (κ1) is 22.8. The van der Waals surface area contributed by atoms with Crippen molar-refractivity contribution in [3.05, 3.63) is 52.2 Å². The third-order valence-corrected chi connectivity index (χ3v) is 6.67. The van der Waals surface area contributed by atoms with Crippen LogP contribution in [0, 0.1) is 13.8 Å². The van der Waals surface area contributed by atoms with Crippen molar-refractivity contribution in [3.8, 4) is 5.75 Å². The standard InChI is InChI=1S/C21H24N4O4S2/c1-5-25-16(11-29-15-9-7-6-8-10-15)23-24-21(25)30-12-17(26)22-19-18(20(27)28-4)13(2)14(3)31-19/h6-10H,5,11-12H2,1-4H3,(H,22,26). The maximum atomic E-state index is 12.5. The number of hydrogen-bond donors (Lipinski definition) is 1. The minimum Gasteiger partial charge on any atom is -0.486 e. The number of para-hydroxylation sites is 1. The van der Waals surface area contributed by atoms with Gasteiger partial charge in [0.2, 0.25) is 5.91 Å². The third-order valence-electron chi connectivity index (χ3n) is 4.58. The van der Waals surface area contributed by atoms with Crippen LogP contribution in [0.2, 0.25) is 0 Å². The number of thiophene rings is 1. The molecule has 164 valence electrons. The summed E-state index contributed by atoms with van der Waals surface area (Å²) in [5.74, 6) is 0.882. The zero-order valence-corrected chi connectivity index (χ0v) is 19.4. The van der Waals surface area contributed by atoms with E-state index in [2.05, 4.69) is 15.5 Å². The van der Waals surface area contributed by atoms with Crippen LogP contribution >= 0.6 is 23.1 Å². The van der Waals surface area contributed by atoms with Crippen LogP contribution in [-0.4, -0.2) is 39.5 Å². The fraction of sp³-hybridized carbons (Fsp3) is 0.333. The van der Waals surface area contributed by atoms with E-state index in [1.54, 1.807) is 0 Å². The molecule has 31 heavy (non-hydrogen) atoms. The van der Waals surface area contributed by atoms with Gasteiger partial charge in [-0.3, -0.25) is 4.79 Å². The number of thioether (sulfide) groups is 1. The zero-order chi connectivity index (χ0) is 22.4. The average molecular weight is 461 g/mol. The number of amides is 1. The van der Waals surface area contributed by atoms with Gasteiger partial charge < -0.3 is 19.4 Å². The molecule has 0 spiro atoms. The van der Waals surface area contributed by atoms with E-state index < -0.39 is 5.97 Å². The van der Waals surface area contributed by atoms with Gasteiger partial charge in [-0.1, -0.05) is 30.0 Å². The van der Waals surface area contributed by atoms with Crippen molar-refractivity contribution in [2.75, 3.05) is 18.2 Å². The van der Waals surface area contributed by atoms with Crippen LogP contribution in [0.3, 0.4) is 0 Å². The number of aryl methyl sites for hydroxylation is 1. The molecule has 0 bridgehead atoms. The third kappa shape index (κ3) is 5.45. The highest BCUT2D eigenvalue weighted by Gasteiger charge is 2.22. The summed E-state index contributed by atoms with van der Waals surface area (Å²) < 4.78 is 12.5. The molecule has 0 fully saturated rings. The normalized spacial score (nSPS) is 10.7. The Morgan fingerprint density at radius 2 is 1.94 bits per heavy atom. The summed E-state index contributed by atoms with van der Waals surface area (Å²) in [4.78, 5) is 25.6. The second-order valence-electron chi connectivity index (χ2n) is 6.56. The molecule has 3 aromatic rings. The second-order valence-corrected chi connectivity index (χ2v) is 8.73. The maximum absolute atomic E-state index is 12.5. The molecule has 0 saturated carbocycles. The molecule has 10 heteroatoms. The molecule has 0 saturated heterocycles. The molecule has 1 N–H and O–H groups in total. The number of hydrogen-bond acceptors (Lipinski definition) is 8. The van der Waals surface area contributed by atoms with E-state index >= 15 is 0 Å². The number of anilines is 1. The van der Waals surface area contributed by atoms with Gasteiger partial charge in [-0.05, 0) is 38.5 Å². The zero-order valence-electron chi connectivity index (χ0n) is 17.8. The molecule has 3 rings (SSSR count). The fourth-order valence-electron chi connectivity index (χ4n) is 2.87. The van der Waals surface area contributed by atoms with Crippen molar-refractivity contribution in [2.24, 2.45) is 0 Å². The SMILES string of the molecule is CCn1c(COc2ccccc2)nnc1SCC(=O)Nc1sc(C)c(C)c1C(=O)OC. The van der Waals surface area contributed by atoms with Crippen molar-refractivity contribution in [3.63, 3.8) is 0 Å². The molecule has 0 radical (unpaired) electrons. The highest BCUT2D eigenvalue weighted by atomic mass is 32.2. The van der Waals surface area contributed by atoms with Crippen molar-refractivity contribution in [2.45, 2.75) is 39.1 Å². The van der Waals surface area contributed by atoms with Crippen molar-refractivity contribution >= 4 is 40.0 Å². The molecule has 0 unspecified atom stereocenters. The number of nitrogens with zero attached hydrogens (tertiary/aromatic N) is 3. The lowest BCUT2D eigenvalue weighted by molar-refractivity contribution is -0.113. The van der Waals surface area contributed by atoms with Gasteiger partial charge in [0, 0.05) is 11.4 Å². The summed E-state index contributed by atoms with van der Waals surface area (Å²) in [5.41, 5.74) is 1.22. The lowest BCUT2D eigenvalue weighted by Crippen LogP contribution is -2.16. The van der Waals surface area contributed by atoms with E-state index in [4.69, 9.17) is 9.47 Å². The van der Waals surface area contributed by atoms with Crippen LogP contribution in [0.15, 0.2) is 35.5 Å². The number of nitrogens with one attached hydrogen (secondary N) is 1. The van der Waals surface area contributed by atoms with Gasteiger partial charge in [0.25, 0.3) is 0 Å². The summed E-state index contributed by atoms with van der Waals surface area (Å²) in [6.07, 6.45) is 0. The summed E-state index contributed by atoms with van der Waals surface area (Å²) in [7, 11) is 1.33. The number of benzene rings is 1. The van der Waals surface area contributed by atoms with Gasteiger partial charge in [-0.15, -0.1) is 21.5 Å². The fourth-order valence-corrected chi connectivity index (χ4v) is 4.76. The minimum absolute atomic E-state index is 0.133. The molecule has 0 aliphatic heterocycles. The van der Waals surface area contributed by atoms with Crippen LogP contribution < -0.4 is 10.1 Å². The Kier molecular flexibility index (Phi) is 7.69. The number of ether oxygens (including phenoxy) is 2. The van der Waals surface area contributed by atoms with Gasteiger partial charge in [-0.2, -0.15) is 0 Å². The average Bonchev–Trinajstić information content (AvgIpc) is 3.30. The van der Waals surface area contributed by atoms with Gasteiger partial charge in [0.1, 0.15) is 17.4 Å². The first-order valence-corrected chi connectivity index (χ1v) is 11.5. The lowest BCUT2D eigenvalue weighted by atomic mass is 10.1. The van der Waals surface area contributed by atoms with Gasteiger partial charge in [-0.25, -0.2) is 4.79 Å². The maximum Gasteiger partial charge on any atom is 0.341 e. The highest BCUT2D eigenvalue weighted by molar-refractivity contribution is 7.99. The number of carbonyl (C=O) groups excluding carboxylic acids is 2. The Hall–Kier alpha value is -2.85. The molecule has 2 heterocycles. The monoisotopic (exact) mass is 460 g/mol. The number of rotatable bonds is 9. The molecule has 0 aliphatic rings. The smallest absolute Gasteiger partial charge is 0.341 e. The Morgan fingerprint density at radius 3 is 2.61 bits per heavy atom. The summed E-state index contributed by atoms with van der Waals surface area (Å²) >= 11 is 2.64. The Balaban J connectivity index is 1.62. The van der Waals surface area contributed by atoms with Crippen molar-refractivity contribution in [1.29, 1.82) is 0 Å². The van der Waals surface area contributed by atoms with Crippen LogP contribution in [0.25, 0.3) is 0 Å². The first-order valence-electron chi connectivity index (χ1n) is 9.65. The molecule has 1 aromatic carbocycles. The second kappa shape index (κ2) is 10.5. The molecule has 2 aromatic heterocycles. The van der Waals surface area contributed by atoms with E-state index in [0.717, 1.165) is 16.2 Å². The van der Waals surface area contributed by atoms with Gasteiger partial charge in [0.15, 0.2) is 11.0 Å². The summed E-state index contributed by atoms with van der Waals surface area (Å²) in [5, 5.41) is 12.4. The first-order chi connectivity index (χ1) is 14.9. The van der Waals surface area contributed by atoms with Crippen molar-refractivity contribution in [1.82, 2.24) is 14.8 Å². The summed E-state index contributed by atoms with van der Waals surface area (Å²) in [6, 6.07) is 9.49. The van der Waals surface area contributed by atoms with E-state index in [0.29, 0.717) is 28.1 Å². The molecule has 0 atom stereocenters. The van der Waals surface area contributed by atoms with Crippen LogP contribution in [-0.2, 0) is 22.7 Å². The molecular formula is C21H24N4O4S2. The van der Waals surface area contributed by atoms with E-state index in [-0.39, 0.29) is 18.3 Å². The van der Waals surface area contributed by atoms with Crippen molar-refractivity contribution < 1.29 is 19.1 Å². The van der Waals surface area contributed by atoms with E-state index in [1.807, 2.05) is 55.7 Å². The molecule has 8 nitrogen and oxygen atoms in total. The largest absolute Gasteiger partial charge is 0.486 e. The topological polar surface area (TPSA) is 95.3 Å². The van der Waals surface area contributed by atoms with Crippen LogP contribution in [0.5, 0.6) is 5.75 Å². The number of methoxy groups -OCH3 is 1. The Bertz CT molecular complexity index is 1060. The quantitative estimate of drug-likeness (QED) is 0.380. The van der Waals surface area contributed by atoms with Gasteiger partial charge >= 0.3 is 5.97 Å². The predicted octanol–water partition coefficient (Wildman–Crippen LogP) is 4.07. The Labute approximate surface area is 189 Å². The van der Waals surface area contributed by atoms with E-state index in [9.17, 15) is 9.59 Å². The predicted molar refractivity (Wildman–Crippen MR) is 121 cm³/mol. The summed E-state index contributed by atoms with van der Waals surface area (Å²) in [6.45, 7) is 6.66.